The maximum absolute atomic E-state index is 15.1. The van der Waals surface area contributed by atoms with E-state index in [0.29, 0.717) is 50.3 Å². The van der Waals surface area contributed by atoms with E-state index in [2.05, 4.69) is 19.8 Å². The zero-order valence-corrected chi connectivity index (χ0v) is 18.6. The lowest BCUT2D eigenvalue weighted by molar-refractivity contribution is 0.107. The molecule has 6 heterocycles. The number of rotatable bonds is 3. The number of hydrogen-bond acceptors (Lipinski definition) is 7. The summed E-state index contributed by atoms with van der Waals surface area (Å²) in [5.74, 6) is -0.0274. The van der Waals surface area contributed by atoms with E-state index in [4.69, 9.17) is 26.1 Å². The Morgan fingerprint density at radius 2 is 2.09 bits per heavy atom. The number of nitrogens with zero attached hydrogens (tertiary/aromatic N) is 5. The van der Waals surface area contributed by atoms with Crippen LogP contribution >= 0.6 is 11.6 Å². The normalized spacial score (nSPS) is 30.2. The molecule has 3 saturated heterocycles. The number of hydrogen-bond donors (Lipinski definition) is 0. The van der Waals surface area contributed by atoms with E-state index in [0.717, 1.165) is 37.9 Å². The molecule has 4 aliphatic heterocycles. The van der Waals surface area contributed by atoms with E-state index in [1.807, 2.05) is 0 Å². The van der Waals surface area contributed by atoms with Crippen LogP contribution in [0.5, 0.6) is 6.01 Å². The van der Waals surface area contributed by atoms with Crippen LogP contribution in [0.3, 0.4) is 0 Å². The van der Waals surface area contributed by atoms with Crippen molar-refractivity contribution in [3.63, 3.8) is 0 Å². The van der Waals surface area contributed by atoms with Crippen LogP contribution in [0.25, 0.3) is 10.9 Å². The van der Waals surface area contributed by atoms with E-state index in [9.17, 15) is 4.39 Å². The van der Waals surface area contributed by atoms with Gasteiger partial charge >= 0.3 is 6.01 Å². The second kappa shape index (κ2) is 7.88. The predicted octanol–water partition coefficient (Wildman–Crippen LogP) is 3.31. The van der Waals surface area contributed by atoms with E-state index < -0.39 is 12.0 Å². The number of ether oxygens (including phenoxy) is 2. The van der Waals surface area contributed by atoms with Crippen LogP contribution in [0.15, 0.2) is 0 Å². The third-order valence-electron chi connectivity index (χ3n) is 7.51. The number of fused-ring (bicyclic) bond motifs is 3. The molecule has 0 amide bonds. The van der Waals surface area contributed by atoms with Crippen molar-refractivity contribution in [2.45, 2.75) is 56.3 Å². The van der Waals surface area contributed by atoms with Gasteiger partial charge in [0.25, 0.3) is 0 Å². The minimum atomic E-state index is -0.844. The predicted molar refractivity (Wildman–Crippen MR) is 116 cm³/mol. The number of aryl methyl sites for hydroxylation is 1. The summed E-state index contributed by atoms with van der Waals surface area (Å²) in [6, 6.07) is 0.319. The molecule has 32 heavy (non-hydrogen) atoms. The first kappa shape index (κ1) is 20.7. The molecule has 3 fully saturated rings. The summed E-state index contributed by atoms with van der Waals surface area (Å²) in [5.41, 5.74) is 0.532. The summed E-state index contributed by atoms with van der Waals surface area (Å²) >= 11 is 6.13. The Kier molecular flexibility index (Phi) is 5.11. The van der Waals surface area contributed by atoms with Crippen molar-refractivity contribution in [3.05, 3.63) is 16.7 Å². The van der Waals surface area contributed by atoms with E-state index in [1.165, 1.54) is 0 Å². The van der Waals surface area contributed by atoms with Crippen molar-refractivity contribution in [2.75, 3.05) is 44.4 Å². The topological polar surface area (TPSA) is 63.6 Å². The minimum Gasteiger partial charge on any atom is -0.461 e. The van der Waals surface area contributed by atoms with Gasteiger partial charge in [0.1, 0.15) is 24.1 Å². The van der Waals surface area contributed by atoms with Gasteiger partial charge in [-0.2, -0.15) is 9.97 Å². The highest BCUT2D eigenvalue weighted by Gasteiger charge is 2.49. The van der Waals surface area contributed by atoms with E-state index in [1.54, 1.807) is 0 Å². The summed E-state index contributed by atoms with van der Waals surface area (Å²) in [4.78, 5) is 17.9. The molecule has 4 aliphatic rings. The average Bonchev–Trinajstić information content (AvgIpc) is 3.12. The molecule has 1 unspecified atom stereocenters. The van der Waals surface area contributed by atoms with Crippen molar-refractivity contribution in [3.8, 4) is 6.01 Å². The van der Waals surface area contributed by atoms with Crippen LogP contribution in [0.2, 0.25) is 5.15 Å². The molecule has 6 rings (SSSR count). The Morgan fingerprint density at radius 1 is 1.19 bits per heavy atom. The zero-order chi connectivity index (χ0) is 21.9. The molecular weight excluding hydrogens is 440 g/mol. The molecule has 2 aromatic heterocycles. The minimum absolute atomic E-state index is 0.106. The summed E-state index contributed by atoms with van der Waals surface area (Å²) in [6.45, 7) is 3.52. The van der Waals surface area contributed by atoms with Gasteiger partial charge in [-0.3, -0.25) is 4.90 Å². The van der Waals surface area contributed by atoms with Crippen LogP contribution in [-0.4, -0.2) is 77.1 Å². The molecule has 0 aromatic carbocycles. The van der Waals surface area contributed by atoms with Crippen molar-refractivity contribution in [2.24, 2.45) is 0 Å². The van der Waals surface area contributed by atoms with Crippen LogP contribution in [0.1, 0.15) is 37.8 Å². The molecule has 0 spiro atoms. The number of alkyl halides is 1. The maximum Gasteiger partial charge on any atom is 0.319 e. The van der Waals surface area contributed by atoms with Crippen LogP contribution in [0, 0.1) is 5.82 Å². The van der Waals surface area contributed by atoms with Crippen molar-refractivity contribution in [1.82, 2.24) is 19.9 Å². The monoisotopic (exact) mass is 465 g/mol. The van der Waals surface area contributed by atoms with Gasteiger partial charge in [-0.15, -0.1) is 0 Å². The quantitative estimate of drug-likeness (QED) is 0.644. The summed E-state index contributed by atoms with van der Waals surface area (Å²) in [6.07, 6.45) is 3.90. The fourth-order valence-electron chi connectivity index (χ4n) is 5.98. The number of pyridine rings is 1. The van der Waals surface area contributed by atoms with Crippen molar-refractivity contribution in [1.29, 1.82) is 0 Å². The number of aromatic nitrogens is 3. The highest BCUT2D eigenvalue weighted by Crippen LogP contribution is 2.41. The van der Waals surface area contributed by atoms with Gasteiger partial charge in [0.05, 0.1) is 23.2 Å². The molecule has 10 heteroatoms. The van der Waals surface area contributed by atoms with Crippen LogP contribution < -0.4 is 9.64 Å². The fraction of sp³-hybridized carbons (Fsp3) is 0.682. The van der Waals surface area contributed by atoms with Gasteiger partial charge < -0.3 is 14.4 Å². The summed E-state index contributed by atoms with van der Waals surface area (Å²) in [7, 11) is 0. The lowest BCUT2D eigenvalue weighted by Gasteiger charge is -2.31. The largest absolute Gasteiger partial charge is 0.461 e. The first-order valence-electron chi connectivity index (χ1n) is 11.5. The smallest absolute Gasteiger partial charge is 0.319 e. The molecule has 0 N–H and O–H groups in total. The Hall–Kier alpha value is -1.84. The first-order chi connectivity index (χ1) is 15.5. The highest BCUT2D eigenvalue weighted by atomic mass is 35.5. The summed E-state index contributed by atoms with van der Waals surface area (Å²) < 4.78 is 41.0. The molecule has 0 aliphatic carbocycles. The molecule has 7 nitrogen and oxygen atoms in total. The van der Waals surface area contributed by atoms with Gasteiger partial charge in [-0.1, -0.05) is 11.6 Å². The SMILES string of the molecule is Fc1c(Cl)nc2c3c(nc(OC[C@@]45CCCN4C[C@H](F)C5)nc13)N1CCOCCC1CC2. The highest BCUT2D eigenvalue weighted by molar-refractivity contribution is 6.30. The molecule has 0 bridgehead atoms. The van der Waals surface area contributed by atoms with Gasteiger partial charge in [0.15, 0.2) is 11.0 Å². The van der Waals surface area contributed by atoms with Gasteiger partial charge in [-0.05, 0) is 38.6 Å². The molecule has 3 atom stereocenters. The maximum atomic E-state index is 15.1. The van der Waals surface area contributed by atoms with E-state index in [-0.39, 0.29) is 34.9 Å². The molecular formula is C22H26ClF2N5O2. The Morgan fingerprint density at radius 3 is 3.00 bits per heavy atom. The van der Waals surface area contributed by atoms with Gasteiger partial charge in [0, 0.05) is 32.2 Å². The lowest BCUT2D eigenvalue weighted by atomic mass is 9.95. The Balaban J connectivity index is 1.42. The van der Waals surface area contributed by atoms with Crippen LogP contribution in [0.4, 0.5) is 14.6 Å². The second-order valence-corrected chi connectivity index (χ2v) is 9.73. The Bertz CT molecular complexity index is 1060. The van der Waals surface area contributed by atoms with Gasteiger partial charge in [0.2, 0.25) is 0 Å². The van der Waals surface area contributed by atoms with Crippen molar-refractivity contribution < 1.29 is 18.3 Å². The molecule has 0 saturated carbocycles. The third kappa shape index (κ3) is 3.31. The second-order valence-electron chi connectivity index (χ2n) is 9.37. The third-order valence-corrected chi connectivity index (χ3v) is 7.76. The first-order valence-corrected chi connectivity index (χ1v) is 11.8. The molecule has 0 radical (unpaired) electrons. The number of halogens is 3. The lowest BCUT2D eigenvalue weighted by Crippen LogP contribution is -2.43. The standard InChI is InChI=1S/C22H26ClF2N5O2/c23-19-17(25)18-16-15(26-19)3-2-14-4-8-31-9-7-30(14)20(16)28-21(27-18)32-12-22-5-1-6-29(22)11-13(24)10-22/h13-14H,1-12H2/t13-,14?,22+/m1/s1. The molecule has 2 aromatic rings. The van der Waals surface area contributed by atoms with Crippen LogP contribution in [-0.2, 0) is 11.2 Å². The Labute approximate surface area is 190 Å². The molecule has 172 valence electrons. The van der Waals surface area contributed by atoms with Crippen molar-refractivity contribution >= 4 is 28.3 Å². The number of anilines is 1. The van der Waals surface area contributed by atoms with Gasteiger partial charge in [-0.25, -0.2) is 13.8 Å². The summed E-state index contributed by atoms with van der Waals surface area (Å²) in [5, 5.41) is 0.425. The fourth-order valence-corrected chi connectivity index (χ4v) is 6.17. The van der Waals surface area contributed by atoms with E-state index >= 15 is 4.39 Å². The average molecular weight is 466 g/mol. The zero-order valence-electron chi connectivity index (χ0n) is 17.8.